The smallest absolute Gasteiger partial charge is 0.251 e. The fourth-order valence-corrected chi connectivity index (χ4v) is 2.35. The van der Waals surface area contributed by atoms with Crippen LogP contribution in [0.2, 0.25) is 0 Å². The van der Waals surface area contributed by atoms with E-state index in [0.29, 0.717) is 11.5 Å². The number of phenolic OH excluding ortho intramolecular Hbond substituents is 1. The molecule has 0 heterocycles. The molecule has 0 aliphatic heterocycles. The summed E-state index contributed by atoms with van der Waals surface area (Å²) in [6, 6.07) is 4.96. The van der Waals surface area contributed by atoms with Gasteiger partial charge in [0.1, 0.15) is 5.75 Å². The molecule has 1 unspecified atom stereocenters. The lowest BCUT2D eigenvalue weighted by molar-refractivity contribution is 0.0924. The van der Waals surface area contributed by atoms with Gasteiger partial charge in [0.25, 0.3) is 5.91 Å². The van der Waals surface area contributed by atoms with Crippen molar-refractivity contribution in [3.8, 4) is 5.75 Å². The van der Waals surface area contributed by atoms with Gasteiger partial charge in [-0.15, -0.1) is 0 Å². The number of nitrogens with zero attached hydrogens (tertiary/aromatic N) is 1. The molecule has 4 heteroatoms. The predicted octanol–water partition coefficient (Wildman–Crippen LogP) is 2.41. The Morgan fingerprint density at radius 2 is 2.00 bits per heavy atom. The largest absolute Gasteiger partial charge is 0.508 e. The summed E-state index contributed by atoms with van der Waals surface area (Å²) < 4.78 is 0. The van der Waals surface area contributed by atoms with Gasteiger partial charge in [-0.1, -0.05) is 13.8 Å². The molecule has 0 saturated heterocycles. The molecule has 20 heavy (non-hydrogen) atoms. The second-order valence-electron chi connectivity index (χ2n) is 6.06. The number of aryl methyl sites for hydroxylation is 1. The molecule has 0 bridgehead atoms. The van der Waals surface area contributed by atoms with E-state index in [1.54, 1.807) is 18.2 Å². The molecule has 2 N–H and O–H groups in total. The van der Waals surface area contributed by atoms with Crippen molar-refractivity contribution in [2.45, 2.75) is 33.2 Å². The highest BCUT2D eigenvalue weighted by atomic mass is 16.3. The highest BCUT2D eigenvalue weighted by Gasteiger charge is 2.17. The van der Waals surface area contributed by atoms with Crippen molar-refractivity contribution in [3.05, 3.63) is 29.3 Å². The maximum atomic E-state index is 12.3. The fourth-order valence-electron chi connectivity index (χ4n) is 2.35. The highest BCUT2D eigenvalue weighted by Crippen LogP contribution is 2.16. The van der Waals surface area contributed by atoms with Gasteiger partial charge in [-0.25, -0.2) is 0 Å². The second kappa shape index (κ2) is 7.29. The summed E-state index contributed by atoms with van der Waals surface area (Å²) in [6.07, 6.45) is 0.945. The summed E-state index contributed by atoms with van der Waals surface area (Å²) in [4.78, 5) is 14.4. The summed E-state index contributed by atoms with van der Waals surface area (Å²) in [5, 5.41) is 12.5. The van der Waals surface area contributed by atoms with Crippen LogP contribution in [0, 0.1) is 12.8 Å². The molecule has 1 aromatic rings. The summed E-state index contributed by atoms with van der Waals surface area (Å²) in [5.74, 6) is 0.641. The van der Waals surface area contributed by atoms with Crippen molar-refractivity contribution in [3.63, 3.8) is 0 Å². The van der Waals surface area contributed by atoms with Gasteiger partial charge >= 0.3 is 0 Å². The van der Waals surface area contributed by atoms with Crippen LogP contribution in [0.25, 0.3) is 0 Å². The Bertz CT molecular complexity index is 446. The predicted molar refractivity (Wildman–Crippen MR) is 82.1 cm³/mol. The second-order valence-corrected chi connectivity index (χ2v) is 6.06. The molecular formula is C16H26N2O2. The zero-order valence-electron chi connectivity index (χ0n) is 13.1. The summed E-state index contributed by atoms with van der Waals surface area (Å²) in [5.41, 5.74) is 1.41. The quantitative estimate of drug-likeness (QED) is 0.840. The number of benzene rings is 1. The van der Waals surface area contributed by atoms with E-state index in [1.165, 1.54) is 0 Å². The van der Waals surface area contributed by atoms with Crippen LogP contribution in [-0.4, -0.2) is 42.6 Å². The fraction of sp³-hybridized carbons (Fsp3) is 0.562. The Kier molecular flexibility index (Phi) is 6.02. The molecular weight excluding hydrogens is 252 g/mol. The van der Waals surface area contributed by atoms with E-state index in [9.17, 15) is 9.90 Å². The number of hydrogen-bond acceptors (Lipinski definition) is 3. The normalized spacial score (nSPS) is 12.8. The van der Waals surface area contributed by atoms with Crippen LogP contribution in [0.15, 0.2) is 18.2 Å². The first-order valence-corrected chi connectivity index (χ1v) is 7.04. The first-order valence-electron chi connectivity index (χ1n) is 7.04. The van der Waals surface area contributed by atoms with E-state index in [-0.39, 0.29) is 17.7 Å². The minimum Gasteiger partial charge on any atom is -0.508 e. The number of likely N-dealkylation sites (N-methyl/N-ethyl adjacent to an activating group) is 1. The lowest BCUT2D eigenvalue weighted by atomic mass is 10.0. The van der Waals surface area contributed by atoms with E-state index in [4.69, 9.17) is 0 Å². The van der Waals surface area contributed by atoms with Crippen LogP contribution in [0.4, 0.5) is 0 Å². The summed E-state index contributed by atoms with van der Waals surface area (Å²) >= 11 is 0. The van der Waals surface area contributed by atoms with Crippen molar-refractivity contribution >= 4 is 5.91 Å². The minimum atomic E-state index is -0.0741. The third-order valence-electron chi connectivity index (χ3n) is 3.13. The molecule has 0 aliphatic rings. The summed E-state index contributed by atoms with van der Waals surface area (Å²) in [6.45, 7) is 6.96. The SMILES string of the molecule is Cc1cc(O)ccc1C(=O)NC(CC(C)C)CN(C)C. The minimum absolute atomic E-state index is 0.0741. The number of amides is 1. The van der Waals surface area contributed by atoms with Crippen LogP contribution in [-0.2, 0) is 0 Å². The molecule has 0 radical (unpaired) electrons. The topological polar surface area (TPSA) is 52.6 Å². The molecule has 1 aromatic carbocycles. The van der Waals surface area contributed by atoms with Crippen molar-refractivity contribution in [2.75, 3.05) is 20.6 Å². The molecule has 112 valence electrons. The molecule has 0 saturated carbocycles. The maximum Gasteiger partial charge on any atom is 0.251 e. The zero-order chi connectivity index (χ0) is 15.3. The van der Waals surface area contributed by atoms with E-state index >= 15 is 0 Å². The first kappa shape index (κ1) is 16.5. The average molecular weight is 278 g/mol. The number of rotatable bonds is 6. The number of hydrogen-bond donors (Lipinski definition) is 2. The van der Waals surface area contributed by atoms with Crippen molar-refractivity contribution in [2.24, 2.45) is 5.92 Å². The average Bonchev–Trinajstić information content (AvgIpc) is 2.26. The number of carbonyl (C=O) groups is 1. The molecule has 1 amide bonds. The molecule has 1 rings (SSSR count). The van der Waals surface area contributed by atoms with Gasteiger partial charge in [0.05, 0.1) is 0 Å². The van der Waals surface area contributed by atoms with Gasteiger partial charge < -0.3 is 15.3 Å². The van der Waals surface area contributed by atoms with Gasteiger partial charge in [0.15, 0.2) is 0 Å². The van der Waals surface area contributed by atoms with Crippen LogP contribution in [0.1, 0.15) is 36.2 Å². The first-order chi connectivity index (χ1) is 9.29. The Morgan fingerprint density at radius 3 is 2.50 bits per heavy atom. The van der Waals surface area contributed by atoms with Gasteiger partial charge in [0.2, 0.25) is 0 Å². The van der Waals surface area contributed by atoms with Crippen molar-refractivity contribution in [1.29, 1.82) is 0 Å². The highest BCUT2D eigenvalue weighted by molar-refractivity contribution is 5.96. The molecule has 0 aromatic heterocycles. The third-order valence-corrected chi connectivity index (χ3v) is 3.13. The Hall–Kier alpha value is -1.55. The van der Waals surface area contributed by atoms with Crippen LogP contribution < -0.4 is 5.32 Å². The van der Waals surface area contributed by atoms with Crippen LogP contribution in [0.3, 0.4) is 0 Å². The lowest BCUT2D eigenvalue weighted by Crippen LogP contribution is -2.42. The van der Waals surface area contributed by atoms with Gasteiger partial charge in [-0.05, 0) is 57.1 Å². The van der Waals surface area contributed by atoms with E-state index in [1.807, 2.05) is 21.0 Å². The maximum absolute atomic E-state index is 12.3. The number of carbonyl (C=O) groups excluding carboxylic acids is 1. The molecule has 0 fully saturated rings. The van der Waals surface area contributed by atoms with E-state index in [0.717, 1.165) is 18.5 Å². The van der Waals surface area contributed by atoms with Crippen molar-refractivity contribution < 1.29 is 9.90 Å². The van der Waals surface area contributed by atoms with Gasteiger partial charge in [-0.3, -0.25) is 4.79 Å². The summed E-state index contributed by atoms with van der Waals surface area (Å²) in [7, 11) is 4.01. The molecule has 0 spiro atoms. The Labute approximate surface area is 121 Å². The van der Waals surface area contributed by atoms with Crippen molar-refractivity contribution in [1.82, 2.24) is 10.2 Å². The Morgan fingerprint density at radius 1 is 1.35 bits per heavy atom. The number of nitrogens with one attached hydrogen (secondary N) is 1. The Balaban J connectivity index is 2.78. The van der Waals surface area contributed by atoms with Crippen LogP contribution in [0.5, 0.6) is 5.75 Å². The molecule has 4 nitrogen and oxygen atoms in total. The number of phenols is 1. The lowest BCUT2D eigenvalue weighted by Gasteiger charge is -2.24. The van der Waals surface area contributed by atoms with E-state index in [2.05, 4.69) is 24.1 Å². The van der Waals surface area contributed by atoms with Gasteiger partial charge in [-0.2, -0.15) is 0 Å². The standard InChI is InChI=1S/C16H26N2O2/c1-11(2)8-13(10-18(4)5)17-16(20)15-7-6-14(19)9-12(15)3/h6-7,9,11,13,19H,8,10H2,1-5H3,(H,17,20). The third kappa shape index (κ3) is 5.21. The monoisotopic (exact) mass is 278 g/mol. The van der Waals surface area contributed by atoms with E-state index < -0.39 is 0 Å². The number of aromatic hydroxyl groups is 1. The zero-order valence-corrected chi connectivity index (χ0v) is 13.1. The molecule has 1 atom stereocenters. The van der Waals surface area contributed by atoms with Gasteiger partial charge in [0, 0.05) is 18.2 Å². The molecule has 0 aliphatic carbocycles. The van der Waals surface area contributed by atoms with Crippen LogP contribution >= 0.6 is 0 Å².